The average molecular weight is 299 g/mol. The van der Waals surface area contributed by atoms with Crippen LogP contribution in [0.25, 0.3) is 11.0 Å². The molecule has 0 aliphatic rings. The normalized spacial score (nSPS) is 11.2. The Balaban J connectivity index is 1.83. The van der Waals surface area contributed by atoms with Crippen molar-refractivity contribution >= 4 is 22.6 Å². The van der Waals surface area contributed by atoms with Gasteiger partial charge in [0.1, 0.15) is 6.33 Å². The SMILES string of the molecule is Cc1[nH]c(=O)n(CCC(=O)n2cnc3cc(N)ccc32)c1C. The number of carbonyl (C=O) groups is 1. The van der Waals surface area contributed by atoms with Crippen molar-refractivity contribution in [2.45, 2.75) is 26.8 Å². The van der Waals surface area contributed by atoms with E-state index in [0.717, 1.165) is 11.4 Å². The monoisotopic (exact) mass is 299 g/mol. The minimum absolute atomic E-state index is 0.113. The van der Waals surface area contributed by atoms with E-state index in [9.17, 15) is 9.59 Å². The van der Waals surface area contributed by atoms with Gasteiger partial charge >= 0.3 is 5.69 Å². The van der Waals surface area contributed by atoms with Crippen molar-refractivity contribution < 1.29 is 4.79 Å². The number of imidazole rings is 2. The Morgan fingerprint density at radius 1 is 1.36 bits per heavy atom. The van der Waals surface area contributed by atoms with Crippen molar-refractivity contribution in [3.8, 4) is 0 Å². The standard InChI is InChI=1S/C15H17N5O2/c1-9-10(2)19(15(22)18-9)6-5-14(21)20-8-17-12-7-11(16)3-4-13(12)20/h3-4,7-8H,5-6,16H2,1-2H3,(H,18,22). The second-order valence-electron chi connectivity index (χ2n) is 5.30. The highest BCUT2D eigenvalue weighted by atomic mass is 16.2. The summed E-state index contributed by atoms with van der Waals surface area (Å²) in [4.78, 5) is 31.1. The second kappa shape index (κ2) is 5.18. The van der Waals surface area contributed by atoms with Crippen LogP contribution in [0.2, 0.25) is 0 Å². The third kappa shape index (κ3) is 2.30. The summed E-state index contributed by atoms with van der Waals surface area (Å²) in [6.07, 6.45) is 1.71. The Bertz CT molecular complexity index is 916. The van der Waals surface area contributed by atoms with Crippen LogP contribution in [0.3, 0.4) is 0 Å². The van der Waals surface area contributed by atoms with Crippen molar-refractivity contribution in [1.29, 1.82) is 0 Å². The van der Waals surface area contributed by atoms with E-state index >= 15 is 0 Å². The highest BCUT2D eigenvalue weighted by molar-refractivity contribution is 5.91. The molecule has 0 saturated carbocycles. The maximum atomic E-state index is 12.4. The van der Waals surface area contributed by atoms with Crippen LogP contribution >= 0.6 is 0 Å². The molecule has 114 valence electrons. The molecule has 22 heavy (non-hydrogen) atoms. The van der Waals surface area contributed by atoms with E-state index in [0.29, 0.717) is 23.3 Å². The smallest absolute Gasteiger partial charge is 0.325 e. The Kier molecular flexibility index (Phi) is 3.32. The number of nitrogen functional groups attached to an aromatic ring is 1. The van der Waals surface area contributed by atoms with Gasteiger partial charge in [-0.3, -0.25) is 13.9 Å². The number of H-pyrrole nitrogens is 1. The van der Waals surface area contributed by atoms with Crippen LogP contribution in [-0.2, 0) is 6.54 Å². The largest absolute Gasteiger partial charge is 0.399 e. The van der Waals surface area contributed by atoms with Gasteiger partial charge in [0.25, 0.3) is 0 Å². The van der Waals surface area contributed by atoms with E-state index in [2.05, 4.69) is 9.97 Å². The molecule has 2 aromatic heterocycles. The lowest BCUT2D eigenvalue weighted by atomic mass is 10.2. The molecular weight excluding hydrogens is 282 g/mol. The van der Waals surface area contributed by atoms with E-state index in [4.69, 9.17) is 5.73 Å². The van der Waals surface area contributed by atoms with Crippen molar-refractivity contribution in [3.63, 3.8) is 0 Å². The number of aromatic amines is 1. The number of rotatable bonds is 3. The number of hydrogen-bond acceptors (Lipinski definition) is 4. The molecule has 0 aliphatic heterocycles. The van der Waals surface area contributed by atoms with Gasteiger partial charge < -0.3 is 10.7 Å². The third-order valence-corrected chi connectivity index (χ3v) is 3.88. The van der Waals surface area contributed by atoms with Crippen LogP contribution in [0.4, 0.5) is 5.69 Å². The number of nitrogens with zero attached hydrogens (tertiary/aromatic N) is 3. The number of nitrogens with two attached hydrogens (primary N) is 1. The fourth-order valence-electron chi connectivity index (χ4n) is 2.50. The predicted octanol–water partition coefficient (Wildman–Crippen LogP) is 1.46. The molecule has 0 spiro atoms. The quantitative estimate of drug-likeness (QED) is 0.715. The Morgan fingerprint density at radius 3 is 2.82 bits per heavy atom. The topological polar surface area (TPSA) is 98.7 Å². The molecule has 0 unspecified atom stereocenters. The van der Waals surface area contributed by atoms with Crippen LogP contribution in [0.15, 0.2) is 29.3 Å². The van der Waals surface area contributed by atoms with Gasteiger partial charge in [-0.1, -0.05) is 0 Å². The summed E-state index contributed by atoms with van der Waals surface area (Å²) in [6.45, 7) is 4.03. The zero-order valence-corrected chi connectivity index (χ0v) is 12.5. The summed E-state index contributed by atoms with van der Waals surface area (Å²) in [6, 6.07) is 5.23. The number of nitrogens with one attached hydrogen (secondary N) is 1. The minimum atomic E-state index is -0.189. The number of aryl methyl sites for hydroxylation is 1. The van der Waals surface area contributed by atoms with Gasteiger partial charge in [0.15, 0.2) is 0 Å². The number of benzene rings is 1. The fourth-order valence-corrected chi connectivity index (χ4v) is 2.50. The summed E-state index contributed by atoms with van der Waals surface area (Å²) in [5.74, 6) is -0.113. The molecule has 2 heterocycles. The van der Waals surface area contributed by atoms with Gasteiger partial charge in [-0.05, 0) is 32.0 Å². The fraction of sp³-hybridized carbons (Fsp3) is 0.267. The van der Waals surface area contributed by atoms with Gasteiger partial charge in [-0.15, -0.1) is 0 Å². The second-order valence-corrected chi connectivity index (χ2v) is 5.30. The van der Waals surface area contributed by atoms with Gasteiger partial charge in [0.2, 0.25) is 5.91 Å². The van der Waals surface area contributed by atoms with E-state index in [1.54, 1.807) is 22.8 Å². The first-order valence-corrected chi connectivity index (χ1v) is 6.99. The predicted molar refractivity (Wildman–Crippen MR) is 83.9 cm³/mol. The van der Waals surface area contributed by atoms with Gasteiger partial charge in [-0.2, -0.15) is 0 Å². The summed E-state index contributed by atoms with van der Waals surface area (Å²) in [5.41, 5.74) is 9.19. The van der Waals surface area contributed by atoms with Crippen LogP contribution in [-0.4, -0.2) is 25.0 Å². The molecule has 7 heteroatoms. The van der Waals surface area contributed by atoms with E-state index in [1.165, 1.54) is 10.9 Å². The van der Waals surface area contributed by atoms with Gasteiger partial charge in [0.05, 0.1) is 11.0 Å². The number of anilines is 1. The molecule has 0 saturated heterocycles. The lowest BCUT2D eigenvalue weighted by molar-refractivity contribution is 0.0901. The summed E-state index contributed by atoms with van der Waals surface area (Å²) in [7, 11) is 0. The van der Waals surface area contributed by atoms with Crippen molar-refractivity contribution in [1.82, 2.24) is 19.1 Å². The summed E-state index contributed by atoms with van der Waals surface area (Å²) < 4.78 is 3.07. The van der Waals surface area contributed by atoms with Crippen LogP contribution in [0.5, 0.6) is 0 Å². The Hall–Kier alpha value is -2.83. The van der Waals surface area contributed by atoms with Crippen molar-refractivity contribution in [3.05, 3.63) is 46.4 Å². The third-order valence-electron chi connectivity index (χ3n) is 3.88. The van der Waals surface area contributed by atoms with E-state index in [1.807, 2.05) is 13.8 Å². The van der Waals surface area contributed by atoms with E-state index in [-0.39, 0.29) is 18.0 Å². The van der Waals surface area contributed by atoms with Crippen LogP contribution in [0.1, 0.15) is 22.6 Å². The van der Waals surface area contributed by atoms with Gasteiger partial charge in [0, 0.05) is 30.0 Å². The molecule has 3 rings (SSSR count). The number of hydrogen-bond donors (Lipinski definition) is 2. The molecule has 0 atom stereocenters. The Morgan fingerprint density at radius 2 is 2.14 bits per heavy atom. The van der Waals surface area contributed by atoms with Crippen LogP contribution in [0, 0.1) is 13.8 Å². The molecule has 7 nitrogen and oxygen atoms in total. The van der Waals surface area contributed by atoms with Gasteiger partial charge in [-0.25, -0.2) is 9.78 Å². The molecule has 0 bridgehead atoms. The number of fused-ring (bicyclic) bond motifs is 1. The minimum Gasteiger partial charge on any atom is -0.399 e. The molecule has 0 amide bonds. The maximum Gasteiger partial charge on any atom is 0.325 e. The molecule has 0 aliphatic carbocycles. The lowest BCUT2D eigenvalue weighted by Gasteiger charge is -2.06. The molecule has 0 radical (unpaired) electrons. The lowest BCUT2D eigenvalue weighted by Crippen LogP contribution is -2.21. The van der Waals surface area contributed by atoms with E-state index < -0.39 is 0 Å². The first-order chi connectivity index (χ1) is 10.5. The molecule has 3 aromatic rings. The Labute approximate surface area is 126 Å². The van der Waals surface area contributed by atoms with Crippen LogP contribution < -0.4 is 11.4 Å². The zero-order chi connectivity index (χ0) is 15.9. The first kappa shape index (κ1) is 14.1. The zero-order valence-electron chi connectivity index (χ0n) is 12.5. The number of aromatic nitrogens is 4. The molecule has 1 aromatic carbocycles. The molecule has 3 N–H and O–H groups in total. The van der Waals surface area contributed by atoms with Crippen molar-refractivity contribution in [2.75, 3.05) is 5.73 Å². The maximum absolute atomic E-state index is 12.4. The average Bonchev–Trinajstić information content (AvgIpc) is 2.99. The number of carbonyl (C=O) groups excluding carboxylic acids is 1. The van der Waals surface area contributed by atoms with Crippen molar-refractivity contribution in [2.24, 2.45) is 0 Å². The molecular formula is C15H17N5O2. The molecule has 0 fully saturated rings. The summed E-state index contributed by atoms with van der Waals surface area (Å²) in [5, 5.41) is 0. The first-order valence-electron chi connectivity index (χ1n) is 6.99. The highest BCUT2D eigenvalue weighted by Gasteiger charge is 2.12. The summed E-state index contributed by atoms with van der Waals surface area (Å²) >= 11 is 0. The highest BCUT2D eigenvalue weighted by Crippen LogP contribution is 2.16.